The number of amides is 1. The first-order valence-electron chi connectivity index (χ1n) is 10.2. The molecule has 10 heteroatoms. The molecule has 2 aromatic heterocycles. The zero-order valence-electron chi connectivity index (χ0n) is 16.9. The van der Waals surface area contributed by atoms with Crippen LogP contribution >= 0.6 is 23.1 Å². The van der Waals surface area contributed by atoms with E-state index in [9.17, 15) is 14.0 Å². The van der Waals surface area contributed by atoms with E-state index in [1.165, 1.54) is 35.2 Å². The molecule has 1 aliphatic heterocycles. The van der Waals surface area contributed by atoms with E-state index < -0.39 is 0 Å². The second-order valence-electron chi connectivity index (χ2n) is 7.43. The minimum absolute atomic E-state index is 0.0352. The number of hydrogen-bond acceptors (Lipinski definition) is 7. The fourth-order valence-electron chi connectivity index (χ4n) is 3.65. The van der Waals surface area contributed by atoms with Crippen molar-refractivity contribution in [3.05, 3.63) is 58.6 Å². The molecule has 2 aromatic carbocycles. The quantitative estimate of drug-likeness (QED) is 0.338. The molecule has 164 valence electrons. The number of benzene rings is 2. The van der Waals surface area contributed by atoms with Gasteiger partial charge in [0.1, 0.15) is 5.82 Å². The van der Waals surface area contributed by atoms with Crippen LogP contribution in [0.5, 0.6) is 0 Å². The lowest BCUT2D eigenvalue weighted by atomic mass is 10.2. The van der Waals surface area contributed by atoms with Crippen LogP contribution in [0, 0.1) is 5.82 Å². The highest BCUT2D eigenvalue weighted by Gasteiger charge is 2.21. The van der Waals surface area contributed by atoms with Gasteiger partial charge in [0.25, 0.3) is 5.56 Å². The van der Waals surface area contributed by atoms with Crippen LogP contribution in [-0.2, 0) is 16.1 Å². The maximum atomic E-state index is 13.4. The van der Waals surface area contributed by atoms with E-state index >= 15 is 0 Å². The van der Waals surface area contributed by atoms with Crippen molar-refractivity contribution >= 4 is 55.3 Å². The molecule has 1 amide bonds. The van der Waals surface area contributed by atoms with E-state index in [0.717, 1.165) is 12.8 Å². The van der Waals surface area contributed by atoms with Gasteiger partial charge in [-0.2, -0.15) is 0 Å². The van der Waals surface area contributed by atoms with Crippen molar-refractivity contribution in [1.82, 2.24) is 14.5 Å². The van der Waals surface area contributed by atoms with Gasteiger partial charge in [-0.1, -0.05) is 35.2 Å². The van der Waals surface area contributed by atoms with Gasteiger partial charge in [-0.3, -0.25) is 14.2 Å². The molecule has 5 rings (SSSR count). The van der Waals surface area contributed by atoms with Gasteiger partial charge < -0.3 is 10.1 Å². The standard InChI is InChI=1S/C22H19FN4O3S2/c23-13-7-8-17-18(10-13)32-21(24-17)26-19(28)12-31-22-25-16-6-2-1-5-15(16)20(29)27(22)11-14-4-3-9-30-14/h1-2,5-8,10,14H,3-4,9,11-12H2,(H,24,26,28). The maximum Gasteiger partial charge on any atom is 0.262 e. The first kappa shape index (κ1) is 21.0. The second-order valence-corrected chi connectivity index (χ2v) is 9.40. The van der Waals surface area contributed by atoms with Crippen LogP contribution in [0.2, 0.25) is 0 Å². The van der Waals surface area contributed by atoms with E-state index in [1.807, 2.05) is 12.1 Å². The summed E-state index contributed by atoms with van der Waals surface area (Å²) in [7, 11) is 0. The molecule has 0 bridgehead atoms. The number of carbonyl (C=O) groups excluding carboxylic acids is 1. The lowest BCUT2D eigenvalue weighted by Crippen LogP contribution is -2.29. The monoisotopic (exact) mass is 470 g/mol. The number of thioether (sulfide) groups is 1. The zero-order valence-corrected chi connectivity index (χ0v) is 18.5. The van der Waals surface area contributed by atoms with Crippen LogP contribution in [0.1, 0.15) is 12.8 Å². The maximum absolute atomic E-state index is 13.4. The van der Waals surface area contributed by atoms with Gasteiger partial charge in [0.2, 0.25) is 5.91 Å². The SMILES string of the molecule is O=C(CSc1nc2ccccc2c(=O)n1CC1CCCO1)Nc1nc2ccc(F)cc2s1. The van der Waals surface area contributed by atoms with Crippen molar-refractivity contribution in [2.24, 2.45) is 0 Å². The van der Waals surface area contributed by atoms with E-state index in [1.54, 1.807) is 22.8 Å². The molecule has 1 fully saturated rings. The summed E-state index contributed by atoms with van der Waals surface area (Å²) < 4.78 is 21.4. The Labute approximate surface area is 190 Å². The molecule has 1 saturated heterocycles. The van der Waals surface area contributed by atoms with Gasteiger partial charge in [-0.15, -0.1) is 0 Å². The Kier molecular flexibility index (Phi) is 5.90. The van der Waals surface area contributed by atoms with Gasteiger partial charge in [-0.05, 0) is 43.2 Å². The molecule has 32 heavy (non-hydrogen) atoms. The molecular formula is C22H19FN4O3S2. The average Bonchev–Trinajstić information content (AvgIpc) is 3.43. The Balaban J connectivity index is 1.36. The Hall–Kier alpha value is -2.82. The third-order valence-electron chi connectivity index (χ3n) is 5.17. The fraction of sp³-hybridized carbons (Fsp3) is 0.273. The second kappa shape index (κ2) is 8.97. The molecule has 0 saturated carbocycles. The fourth-order valence-corrected chi connectivity index (χ4v) is 5.36. The lowest BCUT2D eigenvalue weighted by molar-refractivity contribution is -0.113. The Morgan fingerprint density at radius 2 is 2.12 bits per heavy atom. The number of ether oxygens (including phenoxy) is 1. The van der Waals surface area contributed by atoms with E-state index in [2.05, 4.69) is 15.3 Å². The van der Waals surface area contributed by atoms with Gasteiger partial charge >= 0.3 is 0 Å². The third-order valence-corrected chi connectivity index (χ3v) is 7.08. The van der Waals surface area contributed by atoms with Crippen LogP contribution in [0.25, 0.3) is 21.1 Å². The van der Waals surface area contributed by atoms with Gasteiger partial charge in [0, 0.05) is 6.61 Å². The molecule has 1 unspecified atom stereocenters. The molecular weight excluding hydrogens is 451 g/mol. The highest BCUT2D eigenvalue weighted by molar-refractivity contribution is 7.99. The number of rotatable bonds is 6. The number of carbonyl (C=O) groups is 1. The number of nitrogens with zero attached hydrogens (tertiary/aromatic N) is 3. The number of fused-ring (bicyclic) bond motifs is 2. The van der Waals surface area contributed by atoms with Crippen molar-refractivity contribution < 1.29 is 13.9 Å². The molecule has 1 aliphatic rings. The zero-order chi connectivity index (χ0) is 22.1. The summed E-state index contributed by atoms with van der Waals surface area (Å²) in [6.07, 6.45) is 1.83. The predicted octanol–water partition coefficient (Wildman–Crippen LogP) is 4.06. The normalized spacial score (nSPS) is 16.1. The summed E-state index contributed by atoms with van der Waals surface area (Å²) in [5, 5.41) is 4.17. The van der Waals surface area contributed by atoms with Crippen LogP contribution in [0.15, 0.2) is 52.4 Å². The highest BCUT2D eigenvalue weighted by Crippen LogP contribution is 2.27. The summed E-state index contributed by atoms with van der Waals surface area (Å²) in [6, 6.07) is 11.5. The summed E-state index contributed by atoms with van der Waals surface area (Å²) in [6.45, 7) is 1.10. The van der Waals surface area contributed by atoms with Gasteiger partial charge in [0.15, 0.2) is 10.3 Å². The van der Waals surface area contributed by atoms with Crippen LogP contribution in [0.4, 0.5) is 9.52 Å². The number of aromatic nitrogens is 3. The molecule has 1 N–H and O–H groups in total. The Morgan fingerprint density at radius 1 is 1.25 bits per heavy atom. The molecule has 4 aromatic rings. The van der Waals surface area contributed by atoms with Gasteiger partial charge in [0.05, 0.1) is 39.5 Å². The molecule has 0 aliphatic carbocycles. The van der Waals surface area contributed by atoms with Crippen molar-refractivity contribution in [3.8, 4) is 0 Å². The number of thiazole rings is 1. The minimum Gasteiger partial charge on any atom is -0.376 e. The summed E-state index contributed by atoms with van der Waals surface area (Å²) in [5.74, 6) is -0.567. The number of anilines is 1. The van der Waals surface area contributed by atoms with Crippen molar-refractivity contribution in [2.45, 2.75) is 30.6 Å². The molecule has 0 spiro atoms. The first-order chi connectivity index (χ1) is 15.6. The highest BCUT2D eigenvalue weighted by atomic mass is 32.2. The third kappa shape index (κ3) is 4.38. The molecule has 0 radical (unpaired) electrons. The largest absolute Gasteiger partial charge is 0.376 e. The Bertz CT molecular complexity index is 1360. The van der Waals surface area contributed by atoms with Crippen molar-refractivity contribution in [2.75, 3.05) is 17.7 Å². The van der Waals surface area contributed by atoms with Crippen LogP contribution < -0.4 is 10.9 Å². The predicted molar refractivity (Wildman–Crippen MR) is 124 cm³/mol. The first-order valence-corrected chi connectivity index (χ1v) is 12.0. The van der Waals surface area contributed by atoms with E-state index in [4.69, 9.17) is 4.74 Å². The number of hydrogen-bond donors (Lipinski definition) is 1. The summed E-state index contributed by atoms with van der Waals surface area (Å²) >= 11 is 2.41. The molecule has 7 nitrogen and oxygen atoms in total. The molecule has 3 heterocycles. The van der Waals surface area contributed by atoms with E-state index in [-0.39, 0.29) is 29.1 Å². The smallest absolute Gasteiger partial charge is 0.262 e. The van der Waals surface area contributed by atoms with Gasteiger partial charge in [-0.25, -0.2) is 14.4 Å². The minimum atomic E-state index is -0.346. The molecule has 1 atom stereocenters. The van der Waals surface area contributed by atoms with Crippen molar-refractivity contribution in [3.63, 3.8) is 0 Å². The number of halogens is 1. The lowest BCUT2D eigenvalue weighted by Gasteiger charge is -2.16. The van der Waals surface area contributed by atoms with Crippen LogP contribution in [-0.4, -0.2) is 38.9 Å². The number of nitrogens with one attached hydrogen (secondary N) is 1. The topological polar surface area (TPSA) is 86.1 Å². The summed E-state index contributed by atoms with van der Waals surface area (Å²) in [5.41, 5.74) is 1.08. The summed E-state index contributed by atoms with van der Waals surface area (Å²) in [4.78, 5) is 34.6. The average molecular weight is 471 g/mol. The van der Waals surface area contributed by atoms with Crippen LogP contribution in [0.3, 0.4) is 0 Å². The van der Waals surface area contributed by atoms with E-state index in [0.29, 0.717) is 44.6 Å². The number of para-hydroxylation sites is 1. The van der Waals surface area contributed by atoms with Crippen molar-refractivity contribution in [1.29, 1.82) is 0 Å². The Morgan fingerprint density at radius 3 is 2.97 bits per heavy atom.